The highest BCUT2D eigenvalue weighted by Gasteiger charge is 2.48. The number of aromatic nitrogens is 1. The normalized spacial score (nSPS) is 20.5. The molecule has 7 nitrogen and oxygen atoms in total. The standard InChI is InChI=1S/C17H19N3O4/c1-11-13(18-14(24-11)12-7-5-4-6-8-12)9-20-15(21)17(2,10-23-3)19-16(20)22/h4-8H,9-10H2,1-3H3,(H,19,22). The van der Waals surface area contributed by atoms with Crippen molar-refractivity contribution in [2.75, 3.05) is 13.7 Å². The van der Waals surface area contributed by atoms with Gasteiger partial charge in [-0.05, 0) is 26.0 Å². The van der Waals surface area contributed by atoms with E-state index in [4.69, 9.17) is 9.15 Å². The van der Waals surface area contributed by atoms with Gasteiger partial charge in [-0.15, -0.1) is 0 Å². The van der Waals surface area contributed by atoms with Crippen molar-refractivity contribution >= 4 is 11.9 Å². The van der Waals surface area contributed by atoms with Gasteiger partial charge in [-0.1, -0.05) is 18.2 Å². The highest BCUT2D eigenvalue weighted by atomic mass is 16.5. The first-order valence-corrected chi connectivity index (χ1v) is 7.59. The van der Waals surface area contributed by atoms with E-state index >= 15 is 0 Å². The van der Waals surface area contributed by atoms with E-state index in [0.717, 1.165) is 10.5 Å². The number of carbonyl (C=O) groups is 2. The molecule has 0 saturated carbocycles. The third kappa shape index (κ3) is 2.78. The third-order valence-corrected chi connectivity index (χ3v) is 4.00. The second-order valence-electron chi connectivity index (χ2n) is 5.97. The number of ether oxygens (including phenoxy) is 1. The minimum Gasteiger partial charge on any atom is -0.441 e. The molecule has 1 fully saturated rings. The third-order valence-electron chi connectivity index (χ3n) is 4.00. The molecule has 2 aromatic rings. The number of hydrogen-bond acceptors (Lipinski definition) is 5. The van der Waals surface area contributed by atoms with Gasteiger partial charge in [0.1, 0.15) is 17.0 Å². The molecule has 1 atom stereocenters. The van der Waals surface area contributed by atoms with Crippen LogP contribution in [0.2, 0.25) is 0 Å². The Labute approximate surface area is 139 Å². The summed E-state index contributed by atoms with van der Waals surface area (Å²) in [7, 11) is 1.49. The van der Waals surface area contributed by atoms with Gasteiger partial charge in [0.2, 0.25) is 5.89 Å². The number of imide groups is 1. The molecule has 3 amide bonds. The predicted octanol–water partition coefficient (Wildman–Crippen LogP) is 2.11. The lowest BCUT2D eigenvalue weighted by Gasteiger charge is -2.20. The molecular weight excluding hydrogens is 310 g/mol. The van der Waals surface area contributed by atoms with Crippen molar-refractivity contribution in [3.63, 3.8) is 0 Å². The number of benzene rings is 1. The molecule has 1 saturated heterocycles. The summed E-state index contributed by atoms with van der Waals surface area (Å²) in [4.78, 5) is 30.2. The van der Waals surface area contributed by atoms with Crippen molar-refractivity contribution in [2.45, 2.75) is 25.9 Å². The highest BCUT2D eigenvalue weighted by Crippen LogP contribution is 2.25. The van der Waals surface area contributed by atoms with Gasteiger partial charge >= 0.3 is 6.03 Å². The average Bonchev–Trinajstić information content (AvgIpc) is 3.02. The molecule has 0 aliphatic carbocycles. The smallest absolute Gasteiger partial charge is 0.325 e. The maximum absolute atomic E-state index is 12.5. The zero-order valence-corrected chi connectivity index (χ0v) is 13.8. The Kier molecular flexibility index (Phi) is 4.11. The first-order chi connectivity index (χ1) is 11.4. The summed E-state index contributed by atoms with van der Waals surface area (Å²) in [5.41, 5.74) is 0.346. The van der Waals surface area contributed by atoms with Crippen LogP contribution in [0, 0.1) is 6.92 Å². The number of aryl methyl sites for hydroxylation is 1. The number of hydrogen-bond donors (Lipinski definition) is 1. The number of oxazole rings is 1. The van der Waals surface area contributed by atoms with E-state index in [9.17, 15) is 9.59 Å². The maximum Gasteiger partial charge on any atom is 0.325 e. The fourth-order valence-electron chi connectivity index (χ4n) is 2.71. The van der Waals surface area contributed by atoms with Gasteiger partial charge in [-0.25, -0.2) is 9.78 Å². The Hall–Kier alpha value is -2.67. The van der Waals surface area contributed by atoms with E-state index in [1.165, 1.54) is 7.11 Å². The number of rotatable bonds is 5. The fourth-order valence-corrected chi connectivity index (χ4v) is 2.71. The van der Waals surface area contributed by atoms with E-state index in [2.05, 4.69) is 10.3 Å². The lowest BCUT2D eigenvalue weighted by molar-refractivity contribution is -0.132. The van der Waals surface area contributed by atoms with Crippen LogP contribution in [0.1, 0.15) is 18.4 Å². The Balaban J connectivity index is 1.83. The first-order valence-electron chi connectivity index (χ1n) is 7.59. The molecule has 0 bridgehead atoms. The van der Waals surface area contributed by atoms with E-state index in [1.54, 1.807) is 13.8 Å². The van der Waals surface area contributed by atoms with E-state index in [1.807, 2.05) is 30.3 Å². The molecule has 2 heterocycles. The Bertz CT molecular complexity index is 771. The van der Waals surface area contributed by atoms with Gasteiger partial charge in [0.05, 0.1) is 13.2 Å². The van der Waals surface area contributed by atoms with E-state index < -0.39 is 11.6 Å². The Morgan fingerprint density at radius 1 is 1.29 bits per heavy atom. The summed E-state index contributed by atoms with van der Waals surface area (Å²) in [6.45, 7) is 3.58. The van der Waals surface area contributed by atoms with Crippen LogP contribution in [0.15, 0.2) is 34.7 Å². The van der Waals surface area contributed by atoms with Gasteiger partial charge in [0, 0.05) is 12.7 Å². The van der Waals surface area contributed by atoms with Crippen LogP contribution in [0.4, 0.5) is 4.79 Å². The second-order valence-corrected chi connectivity index (χ2v) is 5.97. The zero-order valence-electron chi connectivity index (χ0n) is 13.8. The molecule has 0 spiro atoms. The van der Waals surface area contributed by atoms with Crippen molar-refractivity contribution in [1.29, 1.82) is 0 Å². The van der Waals surface area contributed by atoms with Crippen molar-refractivity contribution < 1.29 is 18.7 Å². The number of urea groups is 1. The summed E-state index contributed by atoms with van der Waals surface area (Å²) in [6.07, 6.45) is 0. The number of nitrogens with one attached hydrogen (secondary N) is 1. The zero-order chi connectivity index (χ0) is 17.3. The molecule has 1 N–H and O–H groups in total. The summed E-state index contributed by atoms with van der Waals surface area (Å²) >= 11 is 0. The highest BCUT2D eigenvalue weighted by molar-refractivity contribution is 6.06. The van der Waals surface area contributed by atoms with Crippen LogP contribution in [0.3, 0.4) is 0 Å². The number of methoxy groups -OCH3 is 1. The maximum atomic E-state index is 12.5. The summed E-state index contributed by atoms with van der Waals surface area (Å²) in [6, 6.07) is 9.01. The van der Waals surface area contributed by atoms with Gasteiger partial charge in [-0.3, -0.25) is 9.69 Å². The number of amides is 3. The van der Waals surface area contributed by atoms with Crippen molar-refractivity contribution in [2.24, 2.45) is 0 Å². The van der Waals surface area contributed by atoms with Crippen LogP contribution < -0.4 is 5.32 Å². The molecule has 1 aromatic carbocycles. The van der Waals surface area contributed by atoms with Gasteiger partial charge in [-0.2, -0.15) is 0 Å². The lowest BCUT2D eigenvalue weighted by Crippen LogP contribution is -2.47. The molecule has 1 unspecified atom stereocenters. The molecule has 1 aliphatic rings. The van der Waals surface area contributed by atoms with Gasteiger partial charge < -0.3 is 14.5 Å². The Morgan fingerprint density at radius 3 is 2.67 bits per heavy atom. The molecule has 126 valence electrons. The lowest BCUT2D eigenvalue weighted by atomic mass is 10.0. The van der Waals surface area contributed by atoms with Crippen molar-refractivity contribution in [3.8, 4) is 11.5 Å². The van der Waals surface area contributed by atoms with Gasteiger partial charge in [0.25, 0.3) is 5.91 Å². The molecule has 7 heteroatoms. The summed E-state index contributed by atoms with van der Waals surface area (Å²) in [5.74, 6) is 0.711. The number of nitrogens with zero attached hydrogens (tertiary/aromatic N) is 2. The molecule has 3 rings (SSSR count). The average molecular weight is 329 g/mol. The van der Waals surface area contributed by atoms with Crippen LogP contribution >= 0.6 is 0 Å². The quantitative estimate of drug-likeness (QED) is 0.849. The molecular formula is C17H19N3O4. The van der Waals surface area contributed by atoms with Crippen LogP contribution in [0.25, 0.3) is 11.5 Å². The van der Waals surface area contributed by atoms with Crippen molar-refractivity contribution in [1.82, 2.24) is 15.2 Å². The minimum atomic E-state index is -1.05. The van der Waals surface area contributed by atoms with Crippen molar-refractivity contribution in [3.05, 3.63) is 41.8 Å². The van der Waals surface area contributed by atoms with Crippen LogP contribution in [0.5, 0.6) is 0 Å². The van der Waals surface area contributed by atoms with Gasteiger partial charge in [0.15, 0.2) is 0 Å². The van der Waals surface area contributed by atoms with E-state index in [-0.39, 0.29) is 19.1 Å². The molecule has 0 radical (unpaired) electrons. The Morgan fingerprint density at radius 2 is 2.00 bits per heavy atom. The topological polar surface area (TPSA) is 84.7 Å². The minimum absolute atomic E-state index is 0.0616. The summed E-state index contributed by atoms with van der Waals surface area (Å²) < 4.78 is 10.7. The predicted molar refractivity (Wildman–Crippen MR) is 86.0 cm³/mol. The second kappa shape index (κ2) is 6.09. The van der Waals surface area contributed by atoms with Crippen LogP contribution in [-0.2, 0) is 16.1 Å². The monoisotopic (exact) mass is 329 g/mol. The molecule has 1 aliphatic heterocycles. The SMILES string of the molecule is COCC1(C)NC(=O)N(Cc2nc(-c3ccccc3)oc2C)C1=O. The summed E-state index contributed by atoms with van der Waals surface area (Å²) in [5, 5.41) is 2.66. The number of carbonyl (C=O) groups excluding carboxylic acids is 2. The molecule has 24 heavy (non-hydrogen) atoms. The largest absolute Gasteiger partial charge is 0.441 e. The first kappa shape index (κ1) is 16.2. The van der Waals surface area contributed by atoms with E-state index in [0.29, 0.717) is 17.3 Å². The fraction of sp³-hybridized carbons (Fsp3) is 0.353. The van der Waals surface area contributed by atoms with Crippen LogP contribution in [-0.4, -0.2) is 41.1 Å². The molecule has 1 aromatic heterocycles.